The normalized spacial score (nSPS) is 10.0. The molecule has 0 bridgehead atoms. The van der Waals surface area contributed by atoms with Gasteiger partial charge in [-0.05, 0) is 48.5 Å². The summed E-state index contributed by atoms with van der Waals surface area (Å²) in [5.74, 6) is 0.893. The zero-order chi connectivity index (χ0) is 19.8. The van der Waals surface area contributed by atoms with Crippen LogP contribution in [0.2, 0.25) is 0 Å². The maximum atomic E-state index is 11.6. The van der Waals surface area contributed by atoms with Crippen molar-refractivity contribution in [3.05, 3.63) is 60.8 Å². The number of nitriles is 1. The average molecular weight is 391 g/mol. The molecule has 0 atom stereocenters. The maximum Gasteiger partial charge on any atom is 0.238 e. The molecule has 0 saturated carbocycles. The zero-order valence-electron chi connectivity index (χ0n) is 15.0. The van der Waals surface area contributed by atoms with Crippen LogP contribution in [0.5, 0.6) is 5.75 Å². The standard InChI is InChI=1S/C20H17N5O2S/c1-27-16-5-7-17(8-6-16)28-19-10-12-22-20(25-19)24-15-4-2-3-14(13-15)23-18(26)9-11-21/h2-8,10,12-13H,9H2,1H3,(H,23,26)(H,22,24,25). The van der Waals surface area contributed by atoms with Crippen molar-refractivity contribution < 1.29 is 9.53 Å². The lowest BCUT2D eigenvalue weighted by molar-refractivity contribution is -0.115. The quantitative estimate of drug-likeness (QED) is 0.581. The van der Waals surface area contributed by atoms with E-state index in [0.29, 0.717) is 11.6 Å². The minimum atomic E-state index is -0.353. The second-order valence-electron chi connectivity index (χ2n) is 5.58. The van der Waals surface area contributed by atoms with E-state index in [0.717, 1.165) is 21.4 Å². The Morgan fingerprint density at radius 2 is 1.96 bits per heavy atom. The van der Waals surface area contributed by atoms with Gasteiger partial charge in [-0.3, -0.25) is 4.79 Å². The second-order valence-corrected chi connectivity index (χ2v) is 6.68. The van der Waals surface area contributed by atoms with Crippen LogP contribution in [0, 0.1) is 11.3 Å². The molecule has 3 rings (SSSR count). The highest BCUT2D eigenvalue weighted by Gasteiger charge is 2.05. The first kappa shape index (κ1) is 19.2. The summed E-state index contributed by atoms with van der Waals surface area (Å²) in [5, 5.41) is 15.2. The van der Waals surface area contributed by atoms with Gasteiger partial charge in [0.2, 0.25) is 11.9 Å². The van der Waals surface area contributed by atoms with E-state index in [9.17, 15) is 4.79 Å². The number of hydrogen-bond donors (Lipinski definition) is 2. The Morgan fingerprint density at radius 1 is 1.18 bits per heavy atom. The third-order valence-electron chi connectivity index (χ3n) is 3.55. The van der Waals surface area contributed by atoms with E-state index >= 15 is 0 Å². The Hall–Kier alpha value is -3.57. The maximum absolute atomic E-state index is 11.6. The van der Waals surface area contributed by atoms with E-state index < -0.39 is 0 Å². The molecule has 140 valence electrons. The summed E-state index contributed by atoms with van der Waals surface area (Å²) in [6, 6.07) is 18.5. The highest BCUT2D eigenvalue weighted by molar-refractivity contribution is 7.99. The van der Waals surface area contributed by atoms with Crippen molar-refractivity contribution in [1.29, 1.82) is 5.26 Å². The van der Waals surface area contributed by atoms with Crippen LogP contribution in [0.25, 0.3) is 0 Å². The first-order chi connectivity index (χ1) is 13.7. The zero-order valence-corrected chi connectivity index (χ0v) is 15.9. The SMILES string of the molecule is COc1ccc(Sc2ccnc(Nc3cccc(NC(=O)CC#N)c3)n2)cc1. The molecule has 0 aliphatic heterocycles. The molecule has 7 nitrogen and oxygen atoms in total. The number of nitrogens with one attached hydrogen (secondary N) is 2. The van der Waals surface area contributed by atoms with Crippen molar-refractivity contribution >= 4 is 35.0 Å². The third kappa shape index (κ3) is 5.46. The topological polar surface area (TPSA) is 99.9 Å². The molecule has 1 amide bonds. The average Bonchev–Trinajstić information content (AvgIpc) is 2.69. The summed E-state index contributed by atoms with van der Waals surface area (Å²) in [5.41, 5.74) is 1.32. The van der Waals surface area contributed by atoms with Gasteiger partial charge in [0.25, 0.3) is 0 Å². The molecule has 1 heterocycles. The molecule has 0 saturated heterocycles. The molecule has 1 aromatic heterocycles. The number of aromatic nitrogens is 2. The van der Waals surface area contributed by atoms with Crippen LogP contribution in [0.15, 0.2) is 70.7 Å². The van der Waals surface area contributed by atoms with E-state index in [2.05, 4.69) is 20.6 Å². The number of methoxy groups -OCH3 is 1. The summed E-state index contributed by atoms with van der Waals surface area (Å²) in [7, 11) is 1.63. The second kappa shape index (κ2) is 9.39. The van der Waals surface area contributed by atoms with Crippen molar-refractivity contribution in [2.45, 2.75) is 16.3 Å². The van der Waals surface area contributed by atoms with Gasteiger partial charge < -0.3 is 15.4 Å². The number of amides is 1. The monoisotopic (exact) mass is 391 g/mol. The fraction of sp³-hybridized carbons (Fsp3) is 0.100. The molecule has 0 aliphatic rings. The number of carbonyl (C=O) groups is 1. The fourth-order valence-electron chi connectivity index (χ4n) is 2.30. The number of hydrogen-bond acceptors (Lipinski definition) is 7. The van der Waals surface area contributed by atoms with E-state index in [4.69, 9.17) is 10.00 Å². The number of anilines is 3. The van der Waals surface area contributed by atoms with Gasteiger partial charge in [-0.15, -0.1) is 0 Å². The predicted molar refractivity (Wildman–Crippen MR) is 108 cm³/mol. The third-order valence-corrected chi connectivity index (χ3v) is 4.50. The number of benzene rings is 2. The van der Waals surface area contributed by atoms with Crippen molar-refractivity contribution in [3.8, 4) is 11.8 Å². The van der Waals surface area contributed by atoms with Crippen molar-refractivity contribution in [2.24, 2.45) is 0 Å². The van der Waals surface area contributed by atoms with E-state index in [1.54, 1.807) is 31.5 Å². The molecular formula is C20H17N5O2S. The Kier molecular flexibility index (Phi) is 6.44. The minimum Gasteiger partial charge on any atom is -0.497 e. The van der Waals surface area contributed by atoms with E-state index in [1.807, 2.05) is 42.5 Å². The minimum absolute atomic E-state index is 0.189. The van der Waals surface area contributed by atoms with Gasteiger partial charge in [-0.25, -0.2) is 9.97 Å². The van der Waals surface area contributed by atoms with Gasteiger partial charge >= 0.3 is 0 Å². The van der Waals surface area contributed by atoms with Gasteiger partial charge in [-0.1, -0.05) is 17.8 Å². The van der Waals surface area contributed by atoms with Crippen LogP contribution in [-0.4, -0.2) is 23.0 Å². The van der Waals surface area contributed by atoms with Crippen LogP contribution in [0.1, 0.15) is 6.42 Å². The van der Waals surface area contributed by atoms with Crippen LogP contribution < -0.4 is 15.4 Å². The Labute approximate surface area is 166 Å². The van der Waals surface area contributed by atoms with Gasteiger partial charge in [0, 0.05) is 22.5 Å². The van der Waals surface area contributed by atoms with Crippen LogP contribution in [0.4, 0.5) is 17.3 Å². The van der Waals surface area contributed by atoms with Crippen LogP contribution >= 0.6 is 11.8 Å². The fourth-order valence-corrected chi connectivity index (χ4v) is 3.08. The van der Waals surface area contributed by atoms with Gasteiger partial charge in [-0.2, -0.15) is 5.26 Å². The first-order valence-electron chi connectivity index (χ1n) is 8.35. The molecule has 0 radical (unpaired) electrons. The summed E-state index contributed by atoms with van der Waals surface area (Å²) >= 11 is 1.51. The molecule has 8 heteroatoms. The molecule has 3 aromatic rings. The molecule has 0 spiro atoms. The molecule has 2 aromatic carbocycles. The molecule has 0 unspecified atom stereocenters. The van der Waals surface area contributed by atoms with Crippen molar-refractivity contribution in [3.63, 3.8) is 0 Å². The van der Waals surface area contributed by atoms with Gasteiger partial charge in [0.05, 0.1) is 13.2 Å². The summed E-state index contributed by atoms with van der Waals surface area (Å²) in [6.07, 6.45) is 1.49. The summed E-state index contributed by atoms with van der Waals surface area (Å²) < 4.78 is 5.17. The predicted octanol–water partition coefficient (Wildman–Crippen LogP) is 4.23. The lowest BCUT2D eigenvalue weighted by Gasteiger charge is -2.09. The smallest absolute Gasteiger partial charge is 0.238 e. The molecular weight excluding hydrogens is 374 g/mol. The number of rotatable bonds is 7. The molecule has 0 fully saturated rings. The van der Waals surface area contributed by atoms with Crippen molar-refractivity contribution in [1.82, 2.24) is 9.97 Å². The number of nitrogens with zero attached hydrogens (tertiary/aromatic N) is 3. The van der Waals surface area contributed by atoms with Crippen LogP contribution in [0.3, 0.4) is 0 Å². The van der Waals surface area contributed by atoms with E-state index in [-0.39, 0.29) is 12.3 Å². The van der Waals surface area contributed by atoms with Crippen LogP contribution in [-0.2, 0) is 4.79 Å². The largest absolute Gasteiger partial charge is 0.497 e. The van der Waals surface area contributed by atoms with Gasteiger partial charge in [0.1, 0.15) is 17.2 Å². The van der Waals surface area contributed by atoms with E-state index in [1.165, 1.54) is 11.8 Å². The Morgan fingerprint density at radius 3 is 2.71 bits per heavy atom. The lowest BCUT2D eigenvalue weighted by atomic mass is 10.2. The summed E-state index contributed by atoms with van der Waals surface area (Å²) in [6.45, 7) is 0. The first-order valence-corrected chi connectivity index (χ1v) is 9.17. The lowest BCUT2D eigenvalue weighted by Crippen LogP contribution is -2.10. The Balaban J connectivity index is 1.68. The number of carbonyl (C=O) groups excluding carboxylic acids is 1. The molecule has 2 N–H and O–H groups in total. The highest BCUT2D eigenvalue weighted by Crippen LogP contribution is 2.28. The highest BCUT2D eigenvalue weighted by atomic mass is 32.2. The van der Waals surface area contributed by atoms with Crippen molar-refractivity contribution in [2.75, 3.05) is 17.7 Å². The number of ether oxygens (including phenoxy) is 1. The van der Waals surface area contributed by atoms with Gasteiger partial charge in [0.15, 0.2) is 0 Å². The molecule has 28 heavy (non-hydrogen) atoms. The Bertz CT molecular complexity index is 1000. The molecule has 0 aliphatic carbocycles. The summed E-state index contributed by atoms with van der Waals surface area (Å²) in [4.78, 5) is 21.3.